The van der Waals surface area contributed by atoms with E-state index in [2.05, 4.69) is 10.3 Å². The van der Waals surface area contributed by atoms with Crippen molar-refractivity contribution in [1.29, 1.82) is 0 Å². The van der Waals surface area contributed by atoms with Crippen molar-refractivity contribution in [1.82, 2.24) is 10.3 Å². The van der Waals surface area contributed by atoms with E-state index in [0.29, 0.717) is 13.0 Å². The monoisotopic (exact) mass is 210 g/mol. The molecule has 1 amide bonds. The van der Waals surface area contributed by atoms with Gasteiger partial charge in [-0.3, -0.25) is 9.78 Å². The van der Waals surface area contributed by atoms with Gasteiger partial charge in [-0.2, -0.15) is 11.8 Å². The lowest BCUT2D eigenvalue weighted by Gasteiger charge is -2.03. The number of thioether (sulfide) groups is 1. The first-order valence-electron chi connectivity index (χ1n) is 4.47. The minimum atomic E-state index is 0.100. The Morgan fingerprint density at radius 1 is 1.64 bits per heavy atom. The van der Waals surface area contributed by atoms with E-state index in [4.69, 9.17) is 0 Å². The fourth-order valence-electron chi connectivity index (χ4n) is 0.986. The van der Waals surface area contributed by atoms with Crippen molar-refractivity contribution in [2.24, 2.45) is 0 Å². The van der Waals surface area contributed by atoms with E-state index in [9.17, 15) is 4.79 Å². The Hall–Kier alpha value is -1.03. The summed E-state index contributed by atoms with van der Waals surface area (Å²) >= 11 is 1.68. The van der Waals surface area contributed by atoms with E-state index >= 15 is 0 Å². The molecule has 0 atom stereocenters. The third-order valence-corrected chi connectivity index (χ3v) is 2.36. The largest absolute Gasteiger partial charge is 0.352 e. The van der Waals surface area contributed by atoms with Gasteiger partial charge in [-0.1, -0.05) is 6.07 Å². The molecule has 0 fully saturated rings. The van der Waals surface area contributed by atoms with Crippen LogP contribution in [-0.4, -0.2) is 22.9 Å². The lowest BCUT2D eigenvalue weighted by molar-refractivity contribution is -0.120. The molecule has 0 aromatic carbocycles. The third-order valence-electron chi connectivity index (χ3n) is 1.75. The summed E-state index contributed by atoms with van der Waals surface area (Å²) in [5, 5.41) is 2.84. The molecule has 0 aliphatic rings. The van der Waals surface area contributed by atoms with E-state index in [-0.39, 0.29) is 5.91 Å². The number of carbonyl (C=O) groups is 1. The Labute approximate surface area is 88.3 Å². The van der Waals surface area contributed by atoms with Gasteiger partial charge in [-0.05, 0) is 17.9 Å². The lowest BCUT2D eigenvalue weighted by atomic mass is 10.3. The standard InChI is InChI=1S/C10H14N2OS/c1-14-6-4-10(13)12-8-9-3-2-5-11-7-9/h2-3,5,7H,4,6,8H2,1H3,(H,12,13). The van der Waals surface area contributed by atoms with Crippen LogP contribution in [-0.2, 0) is 11.3 Å². The fraction of sp³-hybridized carbons (Fsp3) is 0.400. The molecule has 1 aromatic heterocycles. The summed E-state index contributed by atoms with van der Waals surface area (Å²) in [5.41, 5.74) is 1.03. The molecule has 4 heteroatoms. The van der Waals surface area contributed by atoms with Crippen molar-refractivity contribution in [3.63, 3.8) is 0 Å². The topological polar surface area (TPSA) is 42.0 Å². The number of carbonyl (C=O) groups excluding carboxylic acids is 1. The van der Waals surface area contributed by atoms with Crippen molar-refractivity contribution in [3.05, 3.63) is 30.1 Å². The summed E-state index contributed by atoms with van der Waals surface area (Å²) in [6, 6.07) is 3.81. The van der Waals surface area contributed by atoms with Gasteiger partial charge in [0.25, 0.3) is 0 Å². The summed E-state index contributed by atoms with van der Waals surface area (Å²) in [4.78, 5) is 15.2. The first-order chi connectivity index (χ1) is 6.83. The maximum atomic E-state index is 11.2. The van der Waals surface area contributed by atoms with E-state index in [1.165, 1.54) is 0 Å². The molecule has 0 aliphatic heterocycles. The average Bonchev–Trinajstić information content (AvgIpc) is 2.25. The molecule has 0 radical (unpaired) electrons. The van der Waals surface area contributed by atoms with Gasteiger partial charge in [0.05, 0.1) is 0 Å². The van der Waals surface area contributed by atoms with Gasteiger partial charge < -0.3 is 5.32 Å². The number of pyridine rings is 1. The van der Waals surface area contributed by atoms with Gasteiger partial charge in [-0.15, -0.1) is 0 Å². The molecule has 0 saturated carbocycles. The number of nitrogens with one attached hydrogen (secondary N) is 1. The fourth-order valence-corrected chi connectivity index (χ4v) is 1.38. The molecule has 0 saturated heterocycles. The SMILES string of the molecule is CSCCC(=O)NCc1cccnc1. The van der Waals surface area contributed by atoms with Crippen LogP contribution in [0.15, 0.2) is 24.5 Å². The Morgan fingerprint density at radius 2 is 2.50 bits per heavy atom. The molecular formula is C10H14N2OS. The molecule has 3 nitrogen and oxygen atoms in total. The Kier molecular flexibility index (Phi) is 5.07. The molecule has 0 aliphatic carbocycles. The van der Waals surface area contributed by atoms with E-state index < -0.39 is 0 Å². The zero-order chi connectivity index (χ0) is 10.2. The van der Waals surface area contributed by atoms with Crippen molar-refractivity contribution < 1.29 is 4.79 Å². The van der Waals surface area contributed by atoms with Gasteiger partial charge in [0.2, 0.25) is 5.91 Å². The highest BCUT2D eigenvalue weighted by molar-refractivity contribution is 7.98. The maximum absolute atomic E-state index is 11.2. The minimum absolute atomic E-state index is 0.100. The molecular weight excluding hydrogens is 196 g/mol. The number of hydrogen-bond donors (Lipinski definition) is 1. The summed E-state index contributed by atoms with van der Waals surface area (Å²) in [7, 11) is 0. The molecule has 0 spiro atoms. The van der Waals surface area contributed by atoms with Gasteiger partial charge in [0, 0.05) is 31.1 Å². The van der Waals surface area contributed by atoms with Gasteiger partial charge in [0.15, 0.2) is 0 Å². The summed E-state index contributed by atoms with van der Waals surface area (Å²) in [6.45, 7) is 0.570. The first-order valence-corrected chi connectivity index (χ1v) is 5.87. The van der Waals surface area contributed by atoms with Crippen LogP contribution in [0.25, 0.3) is 0 Å². The van der Waals surface area contributed by atoms with Crippen LogP contribution < -0.4 is 5.32 Å². The Morgan fingerprint density at radius 3 is 3.14 bits per heavy atom. The van der Waals surface area contributed by atoms with Gasteiger partial charge >= 0.3 is 0 Å². The van der Waals surface area contributed by atoms with Crippen molar-refractivity contribution in [3.8, 4) is 0 Å². The van der Waals surface area contributed by atoms with Crippen LogP contribution in [0.4, 0.5) is 0 Å². The highest BCUT2D eigenvalue weighted by Crippen LogP contribution is 1.97. The van der Waals surface area contributed by atoms with Crippen LogP contribution in [0.2, 0.25) is 0 Å². The van der Waals surface area contributed by atoms with Gasteiger partial charge in [-0.25, -0.2) is 0 Å². The molecule has 76 valence electrons. The highest BCUT2D eigenvalue weighted by atomic mass is 32.2. The zero-order valence-electron chi connectivity index (χ0n) is 8.19. The second kappa shape index (κ2) is 6.43. The van der Waals surface area contributed by atoms with Crippen molar-refractivity contribution in [2.45, 2.75) is 13.0 Å². The van der Waals surface area contributed by atoms with Gasteiger partial charge in [0.1, 0.15) is 0 Å². The zero-order valence-corrected chi connectivity index (χ0v) is 9.01. The van der Waals surface area contributed by atoms with E-state index in [0.717, 1.165) is 11.3 Å². The van der Waals surface area contributed by atoms with Crippen LogP contribution >= 0.6 is 11.8 Å². The molecule has 1 rings (SSSR count). The highest BCUT2D eigenvalue weighted by Gasteiger charge is 1.99. The smallest absolute Gasteiger partial charge is 0.221 e. The second-order valence-electron chi connectivity index (χ2n) is 2.88. The lowest BCUT2D eigenvalue weighted by Crippen LogP contribution is -2.22. The number of aromatic nitrogens is 1. The summed E-state index contributed by atoms with van der Waals surface area (Å²) in [6.07, 6.45) is 6.06. The Bertz CT molecular complexity index is 277. The van der Waals surface area contributed by atoms with Crippen LogP contribution in [0.5, 0.6) is 0 Å². The normalized spacial score (nSPS) is 9.79. The van der Waals surface area contributed by atoms with E-state index in [1.807, 2.05) is 18.4 Å². The molecule has 1 heterocycles. The van der Waals surface area contributed by atoms with Crippen LogP contribution in [0.3, 0.4) is 0 Å². The van der Waals surface area contributed by atoms with Crippen LogP contribution in [0, 0.1) is 0 Å². The number of rotatable bonds is 5. The van der Waals surface area contributed by atoms with Crippen LogP contribution in [0.1, 0.15) is 12.0 Å². The summed E-state index contributed by atoms with van der Waals surface area (Å²) < 4.78 is 0. The molecule has 14 heavy (non-hydrogen) atoms. The number of amides is 1. The first kappa shape index (κ1) is 11.0. The predicted octanol–water partition coefficient (Wildman–Crippen LogP) is 1.45. The average molecular weight is 210 g/mol. The van der Waals surface area contributed by atoms with Crippen molar-refractivity contribution in [2.75, 3.05) is 12.0 Å². The second-order valence-corrected chi connectivity index (χ2v) is 3.87. The quantitative estimate of drug-likeness (QED) is 0.800. The maximum Gasteiger partial charge on any atom is 0.221 e. The Balaban J connectivity index is 2.24. The summed E-state index contributed by atoms with van der Waals surface area (Å²) in [5.74, 6) is 0.974. The predicted molar refractivity (Wildman–Crippen MR) is 59.1 cm³/mol. The molecule has 0 bridgehead atoms. The number of nitrogens with zero attached hydrogens (tertiary/aromatic N) is 1. The minimum Gasteiger partial charge on any atom is -0.352 e. The molecule has 1 N–H and O–H groups in total. The third kappa shape index (κ3) is 4.28. The van der Waals surface area contributed by atoms with Crippen molar-refractivity contribution >= 4 is 17.7 Å². The molecule has 0 unspecified atom stereocenters. The molecule has 1 aromatic rings. The number of hydrogen-bond acceptors (Lipinski definition) is 3. The van der Waals surface area contributed by atoms with E-state index in [1.54, 1.807) is 24.2 Å².